The highest BCUT2D eigenvalue weighted by Crippen LogP contribution is 2.25. The molecule has 146 valence electrons. The molecule has 2 amide bonds. The lowest BCUT2D eigenvalue weighted by atomic mass is 9.93. The monoisotopic (exact) mass is 374 g/mol. The van der Waals surface area contributed by atoms with Crippen molar-refractivity contribution >= 4 is 28.8 Å². The van der Waals surface area contributed by atoms with Crippen molar-refractivity contribution in [3.8, 4) is 0 Å². The minimum absolute atomic E-state index is 0.107. The molecule has 2 fully saturated rings. The second kappa shape index (κ2) is 8.14. The number of rotatable bonds is 4. The molecule has 0 radical (unpaired) electrons. The molecule has 1 atom stereocenters. The van der Waals surface area contributed by atoms with Gasteiger partial charge in [0.15, 0.2) is 5.58 Å². The average Bonchev–Trinajstić information content (AvgIpc) is 3.12. The van der Waals surface area contributed by atoms with Crippen LogP contribution >= 0.6 is 0 Å². The zero-order valence-electron chi connectivity index (χ0n) is 15.6. The van der Waals surface area contributed by atoms with Crippen LogP contribution in [0.2, 0.25) is 0 Å². The number of amides is 2. The number of hydrogen-bond acceptors (Lipinski definition) is 6. The number of hydrogen-bond donors (Lipinski definition) is 2. The summed E-state index contributed by atoms with van der Waals surface area (Å²) in [6.45, 7) is 6.48. The summed E-state index contributed by atoms with van der Waals surface area (Å²) >= 11 is 0. The first-order valence-corrected chi connectivity index (χ1v) is 9.57. The number of oxazole rings is 1. The number of carbonyl (C=O) groups is 1. The Balaban J connectivity index is 1.38. The Hall–Kier alpha value is -2.32. The van der Waals surface area contributed by atoms with Crippen LogP contribution in [-0.2, 0) is 9.47 Å². The normalized spacial score (nSPS) is 19.8. The van der Waals surface area contributed by atoms with Crippen LogP contribution in [0.25, 0.3) is 11.1 Å². The number of benzene rings is 1. The van der Waals surface area contributed by atoms with E-state index in [4.69, 9.17) is 13.9 Å². The number of nitrogens with one attached hydrogen (secondary N) is 2. The molecule has 8 heteroatoms. The molecule has 0 aliphatic carbocycles. The van der Waals surface area contributed by atoms with Crippen molar-refractivity contribution in [2.45, 2.75) is 25.8 Å². The van der Waals surface area contributed by atoms with E-state index in [9.17, 15) is 4.79 Å². The molecule has 1 aromatic carbocycles. The molecule has 1 aromatic heterocycles. The molecule has 4 rings (SSSR count). The highest BCUT2D eigenvalue weighted by molar-refractivity contribution is 5.91. The molecule has 0 saturated carbocycles. The quantitative estimate of drug-likeness (QED) is 0.855. The first-order chi connectivity index (χ1) is 13.2. The minimum atomic E-state index is -0.207. The average molecular weight is 374 g/mol. The fourth-order valence-electron chi connectivity index (χ4n) is 3.59. The molecule has 3 heterocycles. The maximum atomic E-state index is 12.3. The minimum Gasteiger partial charge on any atom is -0.423 e. The maximum absolute atomic E-state index is 12.3. The fourth-order valence-corrected chi connectivity index (χ4v) is 3.59. The lowest BCUT2D eigenvalue weighted by molar-refractivity contribution is 0.0573. The molecular formula is C19H26N4O4. The predicted octanol–water partition coefficient (Wildman–Crippen LogP) is 2.60. The van der Waals surface area contributed by atoms with Crippen molar-refractivity contribution < 1.29 is 18.7 Å². The van der Waals surface area contributed by atoms with Crippen molar-refractivity contribution in [2.24, 2.45) is 5.92 Å². The predicted molar refractivity (Wildman–Crippen MR) is 102 cm³/mol. The number of urea groups is 1. The van der Waals surface area contributed by atoms with Crippen LogP contribution in [-0.4, -0.2) is 56.6 Å². The van der Waals surface area contributed by atoms with Crippen molar-refractivity contribution in [1.82, 2.24) is 10.3 Å². The van der Waals surface area contributed by atoms with Crippen LogP contribution in [0.4, 0.5) is 16.5 Å². The van der Waals surface area contributed by atoms with Gasteiger partial charge in [-0.15, -0.1) is 0 Å². The molecule has 8 nitrogen and oxygen atoms in total. The van der Waals surface area contributed by atoms with Crippen LogP contribution in [0.15, 0.2) is 22.6 Å². The van der Waals surface area contributed by atoms with Crippen molar-refractivity contribution in [3.63, 3.8) is 0 Å². The fraction of sp³-hybridized carbons (Fsp3) is 0.579. The lowest BCUT2D eigenvalue weighted by Crippen LogP contribution is -2.42. The first kappa shape index (κ1) is 18.1. The Bertz CT molecular complexity index is 781. The Morgan fingerprint density at radius 1 is 1.19 bits per heavy atom. The van der Waals surface area contributed by atoms with Gasteiger partial charge in [-0.3, -0.25) is 0 Å². The summed E-state index contributed by atoms with van der Waals surface area (Å²) in [7, 11) is 0. The van der Waals surface area contributed by atoms with Gasteiger partial charge >= 0.3 is 6.03 Å². The molecule has 0 bridgehead atoms. The van der Waals surface area contributed by atoms with E-state index in [1.54, 1.807) is 0 Å². The molecule has 0 spiro atoms. The highest BCUT2D eigenvalue weighted by Gasteiger charge is 2.22. The number of fused-ring (bicyclic) bond motifs is 1. The summed E-state index contributed by atoms with van der Waals surface area (Å²) < 4.78 is 16.6. The Morgan fingerprint density at radius 3 is 2.70 bits per heavy atom. The SMILES string of the molecule is CC(NC(=O)Nc1ccc2nc(N3CCOCC3)oc2c1)C1CCOCC1. The van der Waals surface area contributed by atoms with Gasteiger partial charge in [0.1, 0.15) is 5.52 Å². The van der Waals surface area contributed by atoms with E-state index in [2.05, 4.69) is 20.5 Å². The van der Waals surface area contributed by atoms with E-state index in [0.717, 1.165) is 44.7 Å². The molecule has 2 aliphatic heterocycles. The number of nitrogens with zero attached hydrogens (tertiary/aromatic N) is 2. The summed E-state index contributed by atoms with van der Waals surface area (Å²) in [6, 6.07) is 6.01. The molecule has 2 aromatic rings. The first-order valence-electron chi connectivity index (χ1n) is 9.57. The van der Waals surface area contributed by atoms with Crippen molar-refractivity contribution in [1.29, 1.82) is 0 Å². The number of anilines is 2. The molecule has 2 N–H and O–H groups in total. The van der Waals surface area contributed by atoms with Gasteiger partial charge in [0.25, 0.3) is 6.01 Å². The maximum Gasteiger partial charge on any atom is 0.319 e. The molecule has 1 unspecified atom stereocenters. The Kier molecular flexibility index (Phi) is 5.45. The number of morpholine rings is 1. The standard InChI is InChI=1S/C19H26N4O4/c1-13(14-4-8-25-9-5-14)20-18(24)21-15-2-3-16-17(12-15)27-19(22-16)23-6-10-26-11-7-23/h2-3,12-14H,4-11H2,1H3,(H2,20,21,24). The van der Waals surface area contributed by atoms with Crippen LogP contribution in [0.5, 0.6) is 0 Å². The van der Waals surface area contributed by atoms with Gasteiger partial charge < -0.3 is 29.4 Å². The van der Waals surface area contributed by atoms with E-state index in [0.29, 0.717) is 36.4 Å². The largest absolute Gasteiger partial charge is 0.423 e. The lowest BCUT2D eigenvalue weighted by Gasteiger charge is -2.28. The summed E-state index contributed by atoms with van der Waals surface area (Å²) in [5.41, 5.74) is 2.12. The van der Waals surface area contributed by atoms with Crippen molar-refractivity contribution in [2.75, 3.05) is 49.7 Å². The summed E-state index contributed by atoms with van der Waals surface area (Å²) in [6.07, 6.45) is 1.96. The topological polar surface area (TPSA) is 88.9 Å². The van der Waals surface area contributed by atoms with E-state index in [1.807, 2.05) is 25.1 Å². The molecular weight excluding hydrogens is 348 g/mol. The van der Waals surface area contributed by atoms with Crippen LogP contribution in [0, 0.1) is 5.92 Å². The third kappa shape index (κ3) is 4.33. The van der Waals surface area contributed by atoms with Crippen LogP contribution < -0.4 is 15.5 Å². The van der Waals surface area contributed by atoms with Gasteiger partial charge in [-0.1, -0.05) is 0 Å². The highest BCUT2D eigenvalue weighted by atomic mass is 16.5. The van der Waals surface area contributed by atoms with Gasteiger partial charge in [-0.2, -0.15) is 4.98 Å². The zero-order valence-corrected chi connectivity index (χ0v) is 15.6. The molecule has 2 saturated heterocycles. The second-order valence-corrected chi connectivity index (χ2v) is 7.12. The van der Waals surface area contributed by atoms with E-state index in [1.165, 1.54) is 0 Å². The van der Waals surface area contributed by atoms with Crippen molar-refractivity contribution in [3.05, 3.63) is 18.2 Å². The smallest absolute Gasteiger partial charge is 0.319 e. The van der Waals surface area contributed by atoms with Crippen LogP contribution in [0.1, 0.15) is 19.8 Å². The van der Waals surface area contributed by atoms with E-state index < -0.39 is 0 Å². The van der Waals surface area contributed by atoms with Gasteiger partial charge in [-0.25, -0.2) is 4.79 Å². The van der Waals surface area contributed by atoms with Gasteiger partial charge in [0.05, 0.1) is 13.2 Å². The third-order valence-corrected chi connectivity index (χ3v) is 5.25. The third-order valence-electron chi connectivity index (χ3n) is 5.25. The summed E-state index contributed by atoms with van der Waals surface area (Å²) in [5.74, 6) is 0.456. The second-order valence-electron chi connectivity index (χ2n) is 7.12. The van der Waals surface area contributed by atoms with Gasteiger partial charge in [0, 0.05) is 44.1 Å². The van der Waals surface area contributed by atoms with E-state index in [-0.39, 0.29) is 12.1 Å². The van der Waals surface area contributed by atoms with E-state index >= 15 is 0 Å². The zero-order chi connectivity index (χ0) is 18.6. The summed E-state index contributed by atoms with van der Waals surface area (Å²) in [5, 5.41) is 5.92. The number of aromatic nitrogens is 1. The molecule has 27 heavy (non-hydrogen) atoms. The van der Waals surface area contributed by atoms with Gasteiger partial charge in [-0.05, 0) is 37.8 Å². The van der Waals surface area contributed by atoms with Crippen LogP contribution in [0.3, 0.4) is 0 Å². The number of ether oxygens (including phenoxy) is 2. The Morgan fingerprint density at radius 2 is 1.93 bits per heavy atom. The number of carbonyl (C=O) groups excluding carboxylic acids is 1. The van der Waals surface area contributed by atoms with Gasteiger partial charge in [0.2, 0.25) is 0 Å². The Labute approximate surface area is 158 Å². The molecule has 2 aliphatic rings. The summed E-state index contributed by atoms with van der Waals surface area (Å²) in [4.78, 5) is 18.9.